The molecule has 1 aliphatic rings. The first kappa shape index (κ1) is 14.5. The number of amides is 1. The molecule has 3 N–H and O–H groups in total. The van der Waals surface area contributed by atoms with Gasteiger partial charge in [0.2, 0.25) is 5.91 Å². The van der Waals surface area contributed by atoms with Gasteiger partial charge in [0.05, 0.1) is 5.60 Å². The van der Waals surface area contributed by atoms with E-state index in [4.69, 9.17) is 10.5 Å². The number of rotatable bonds is 8. The fourth-order valence-electron chi connectivity index (χ4n) is 2.13. The summed E-state index contributed by atoms with van der Waals surface area (Å²) in [7, 11) is 0. The van der Waals surface area contributed by atoms with Gasteiger partial charge in [0, 0.05) is 19.6 Å². The summed E-state index contributed by atoms with van der Waals surface area (Å²) >= 11 is 0. The Morgan fingerprint density at radius 2 is 2.12 bits per heavy atom. The van der Waals surface area contributed by atoms with E-state index in [9.17, 15) is 4.79 Å². The number of ether oxygens (including phenoxy) is 1. The zero-order valence-electron chi connectivity index (χ0n) is 11.0. The first-order chi connectivity index (χ1) is 8.16. The van der Waals surface area contributed by atoms with Gasteiger partial charge in [0.1, 0.15) is 0 Å². The van der Waals surface area contributed by atoms with Crippen LogP contribution in [0.2, 0.25) is 0 Å². The van der Waals surface area contributed by atoms with E-state index in [0.717, 1.165) is 51.7 Å². The molecule has 0 saturated carbocycles. The van der Waals surface area contributed by atoms with Crippen molar-refractivity contribution in [2.24, 2.45) is 5.73 Å². The van der Waals surface area contributed by atoms with E-state index in [-0.39, 0.29) is 11.5 Å². The lowest BCUT2D eigenvalue weighted by Gasteiger charge is -2.23. The van der Waals surface area contributed by atoms with Crippen molar-refractivity contribution in [2.75, 3.05) is 19.7 Å². The summed E-state index contributed by atoms with van der Waals surface area (Å²) < 4.78 is 5.62. The Labute approximate surface area is 104 Å². The quantitative estimate of drug-likeness (QED) is 0.635. The Balaban J connectivity index is 2.01. The van der Waals surface area contributed by atoms with Crippen molar-refractivity contribution in [1.82, 2.24) is 5.32 Å². The number of carbonyl (C=O) groups excluding carboxylic acids is 1. The standard InChI is InChI=1S/C13H26N2O2/c1-13(8-6-10-17-13)11-15-12(16)7-4-2-3-5-9-14/h2-11,14H2,1H3,(H,15,16). The minimum atomic E-state index is -0.130. The monoisotopic (exact) mass is 242 g/mol. The number of unbranched alkanes of at least 4 members (excludes halogenated alkanes) is 3. The number of hydrogen-bond acceptors (Lipinski definition) is 3. The molecule has 4 heteroatoms. The molecular weight excluding hydrogens is 216 g/mol. The van der Waals surface area contributed by atoms with Gasteiger partial charge in [-0.1, -0.05) is 12.8 Å². The SMILES string of the molecule is CC1(CNC(=O)CCCCCCN)CCCO1. The molecule has 0 aliphatic carbocycles. The van der Waals surface area contributed by atoms with E-state index in [0.29, 0.717) is 13.0 Å². The highest BCUT2D eigenvalue weighted by Gasteiger charge is 2.29. The van der Waals surface area contributed by atoms with Crippen LogP contribution in [0.3, 0.4) is 0 Å². The molecule has 1 unspecified atom stereocenters. The maximum absolute atomic E-state index is 11.6. The fourth-order valence-corrected chi connectivity index (χ4v) is 2.13. The molecular formula is C13H26N2O2. The molecule has 0 spiro atoms. The van der Waals surface area contributed by atoms with Gasteiger partial charge in [0.15, 0.2) is 0 Å². The molecule has 17 heavy (non-hydrogen) atoms. The smallest absolute Gasteiger partial charge is 0.220 e. The van der Waals surface area contributed by atoms with Gasteiger partial charge < -0.3 is 15.8 Å². The third kappa shape index (κ3) is 6.03. The lowest BCUT2D eigenvalue weighted by molar-refractivity contribution is -0.122. The van der Waals surface area contributed by atoms with Crippen LogP contribution in [0.15, 0.2) is 0 Å². The average Bonchev–Trinajstić information content (AvgIpc) is 2.74. The number of hydrogen-bond donors (Lipinski definition) is 2. The van der Waals surface area contributed by atoms with Crippen LogP contribution in [-0.4, -0.2) is 31.2 Å². The largest absolute Gasteiger partial charge is 0.373 e. The highest BCUT2D eigenvalue weighted by molar-refractivity contribution is 5.75. The molecule has 100 valence electrons. The van der Waals surface area contributed by atoms with Crippen LogP contribution in [0.1, 0.15) is 51.9 Å². The van der Waals surface area contributed by atoms with Crippen LogP contribution in [-0.2, 0) is 9.53 Å². The van der Waals surface area contributed by atoms with Crippen molar-refractivity contribution in [3.63, 3.8) is 0 Å². The van der Waals surface area contributed by atoms with Gasteiger partial charge >= 0.3 is 0 Å². The van der Waals surface area contributed by atoms with Crippen LogP contribution < -0.4 is 11.1 Å². The van der Waals surface area contributed by atoms with Gasteiger partial charge in [-0.3, -0.25) is 4.79 Å². The van der Waals surface area contributed by atoms with Crippen LogP contribution in [0, 0.1) is 0 Å². The molecule has 1 saturated heterocycles. The summed E-state index contributed by atoms with van der Waals surface area (Å²) in [6, 6.07) is 0. The van der Waals surface area contributed by atoms with E-state index < -0.39 is 0 Å². The highest BCUT2D eigenvalue weighted by atomic mass is 16.5. The molecule has 4 nitrogen and oxygen atoms in total. The Morgan fingerprint density at radius 1 is 1.35 bits per heavy atom. The molecule has 1 fully saturated rings. The summed E-state index contributed by atoms with van der Waals surface area (Å²) in [5, 5.41) is 2.97. The molecule has 0 aromatic rings. The zero-order valence-corrected chi connectivity index (χ0v) is 11.0. The minimum Gasteiger partial charge on any atom is -0.373 e. The molecule has 0 bridgehead atoms. The van der Waals surface area contributed by atoms with E-state index in [1.165, 1.54) is 0 Å². The van der Waals surface area contributed by atoms with Crippen molar-refractivity contribution >= 4 is 5.91 Å². The predicted molar refractivity (Wildman–Crippen MR) is 68.7 cm³/mol. The van der Waals surface area contributed by atoms with E-state index in [2.05, 4.69) is 12.2 Å². The van der Waals surface area contributed by atoms with E-state index in [1.807, 2.05) is 0 Å². The van der Waals surface area contributed by atoms with Crippen molar-refractivity contribution < 1.29 is 9.53 Å². The Hall–Kier alpha value is -0.610. The summed E-state index contributed by atoms with van der Waals surface area (Å²) in [5.74, 6) is 0.148. The normalized spacial score (nSPS) is 23.9. The molecule has 1 rings (SSSR count). The van der Waals surface area contributed by atoms with Crippen molar-refractivity contribution in [3.8, 4) is 0 Å². The second-order valence-corrected chi connectivity index (χ2v) is 5.13. The summed E-state index contributed by atoms with van der Waals surface area (Å²) in [6.45, 7) is 4.30. The molecule has 1 heterocycles. The summed E-state index contributed by atoms with van der Waals surface area (Å²) in [6.07, 6.45) is 7.02. The fraction of sp³-hybridized carbons (Fsp3) is 0.923. The third-order valence-corrected chi connectivity index (χ3v) is 3.32. The minimum absolute atomic E-state index is 0.130. The van der Waals surface area contributed by atoms with Crippen LogP contribution in [0.25, 0.3) is 0 Å². The molecule has 0 aromatic heterocycles. The Bertz CT molecular complexity index is 225. The molecule has 1 aliphatic heterocycles. The van der Waals surface area contributed by atoms with Gasteiger partial charge in [-0.25, -0.2) is 0 Å². The summed E-state index contributed by atoms with van der Waals surface area (Å²) in [4.78, 5) is 11.6. The van der Waals surface area contributed by atoms with Gasteiger partial charge in [-0.15, -0.1) is 0 Å². The first-order valence-electron chi connectivity index (χ1n) is 6.77. The maximum Gasteiger partial charge on any atom is 0.220 e. The van der Waals surface area contributed by atoms with Crippen molar-refractivity contribution in [2.45, 2.75) is 57.5 Å². The number of nitrogens with one attached hydrogen (secondary N) is 1. The van der Waals surface area contributed by atoms with Gasteiger partial charge in [-0.05, 0) is 39.2 Å². The van der Waals surface area contributed by atoms with Crippen molar-refractivity contribution in [3.05, 3.63) is 0 Å². The Morgan fingerprint density at radius 3 is 2.76 bits per heavy atom. The van der Waals surface area contributed by atoms with E-state index in [1.54, 1.807) is 0 Å². The van der Waals surface area contributed by atoms with Crippen LogP contribution >= 0.6 is 0 Å². The first-order valence-corrected chi connectivity index (χ1v) is 6.77. The lowest BCUT2D eigenvalue weighted by Crippen LogP contribution is -2.40. The van der Waals surface area contributed by atoms with Gasteiger partial charge in [-0.2, -0.15) is 0 Å². The average molecular weight is 242 g/mol. The summed E-state index contributed by atoms with van der Waals surface area (Å²) in [5.41, 5.74) is 5.28. The number of nitrogens with two attached hydrogens (primary N) is 1. The number of carbonyl (C=O) groups is 1. The second-order valence-electron chi connectivity index (χ2n) is 5.13. The zero-order chi connectivity index (χ0) is 12.6. The second kappa shape index (κ2) is 7.67. The lowest BCUT2D eigenvalue weighted by atomic mass is 10.0. The molecule has 1 amide bonds. The van der Waals surface area contributed by atoms with E-state index >= 15 is 0 Å². The predicted octanol–water partition coefficient (Wildman–Crippen LogP) is 1.58. The van der Waals surface area contributed by atoms with Gasteiger partial charge in [0.25, 0.3) is 0 Å². The molecule has 1 atom stereocenters. The topological polar surface area (TPSA) is 64.4 Å². The van der Waals surface area contributed by atoms with Crippen LogP contribution in [0.5, 0.6) is 0 Å². The maximum atomic E-state index is 11.6. The van der Waals surface area contributed by atoms with Crippen LogP contribution in [0.4, 0.5) is 0 Å². The van der Waals surface area contributed by atoms with Crippen molar-refractivity contribution in [1.29, 1.82) is 0 Å². The Kier molecular flexibility index (Phi) is 6.52. The highest BCUT2D eigenvalue weighted by Crippen LogP contribution is 2.23. The third-order valence-electron chi connectivity index (χ3n) is 3.32. The molecule has 0 radical (unpaired) electrons. The molecule has 0 aromatic carbocycles.